The van der Waals surface area contributed by atoms with E-state index in [4.69, 9.17) is 16.3 Å². The van der Waals surface area contributed by atoms with Crippen molar-refractivity contribution in [3.63, 3.8) is 0 Å². The zero-order valence-corrected chi connectivity index (χ0v) is 18.7. The van der Waals surface area contributed by atoms with E-state index in [9.17, 15) is 9.59 Å². The van der Waals surface area contributed by atoms with E-state index in [1.54, 1.807) is 26.1 Å². The standard InChI is InChI=1S/C24H28ClN3O3/c1-16-24(30)27(2)21-14-19(25)13-20(22(21)31-16)23(29)26-9-11-28-10-8-18(15-28)12-17-6-4-3-5-7-17/h3-7,13-14,16,18H,8-12,15H2,1-2H3,(H,26,29). The molecular formula is C24H28ClN3O3. The van der Waals surface area contributed by atoms with Crippen molar-refractivity contribution in [2.24, 2.45) is 5.92 Å². The van der Waals surface area contributed by atoms with Gasteiger partial charge in [-0.25, -0.2) is 0 Å². The Kier molecular flexibility index (Phi) is 6.49. The van der Waals surface area contributed by atoms with Gasteiger partial charge >= 0.3 is 0 Å². The smallest absolute Gasteiger partial charge is 0.267 e. The number of benzene rings is 2. The van der Waals surface area contributed by atoms with Crippen LogP contribution in [-0.2, 0) is 11.2 Å². The molecule has 0 spiro atoms. The Hall–Kier alpha value is -2.57. The maximum Gasteiger partial charge on any atom is 0.267 e. The monoisotopic (exact) mass is 441 g/mol. The molecule has 0 bridgehead atoms. The molecule has 164 valence electrons. The van der Waals surface area contributed by atoms with Crippen molar-refractivity contribution in [3.8, 4) is 5.75 Å². The Balaban J connectivity index is 1.33. The van der Waals surface area contributed by atoms with Crippen LogP contribution in [0.15, 0.2) is 42.5 Å². The summed E-state index contributed by atoms with van der Waals surface area (Å²) in [5, 5.41) is 3.38. The van der Waals surface area contributed by atoms with Gasteiger partial charge in [-0.05, 0) is 49.9 Å². The summed E-state index contributed by atoms with van der Waals surface area (Å²) in [6.07, 6.45) is 1.63. The summed E-state index contributed by atoms with van der Waals surface area (Å²) in [5.41, 5.74) is 2.26. The number of ether oxygens (including phenoxy) is 1. The third kappa shape index (κ3) is 4.86. The van der Waals surface area contributed by atoms with Gasteiger partial charge in [0.1, 0.15) is 0 Å². The molecule has 2 aromatic carbocycles. The first-order chi connectivity index (χ1) is 14.9. The van der Waals surface area contributed by atoms with Gasteiger partial charge in [0.15, 0.2) is 11.9 Å². The van der Waals surface area contributed by atoms with Crippen LogP contribution in [0.1, 0.15) is 29.3 Å². The SMILES string of the molecule is CC1Oc2c(C(=O)NCCN3CCC(Cc4ccccc4)C3)cc(Cl)cc2N(C)C1=O. The number of nitrogens with one attached hydrogen (secondary N) is 1. The fourth-order valence-corrected chi connectivity index (χ4v) is 4.60. The van der Waals surface area contributed by atoms with Crippen molar-refractivity contribution in [1.82, 2.24) is 10.2 Å². The normalized spacial score (nSPS) is 21.0. The van der Waals surface area contributed by atoms with Crippen molar-refractivity contribution in [2.75, 3.05) is 38.1 Å². The van der Waals surface area contributed by atoms with Crippen molar-refractivity contribution < 1.29 is 14.3 Å². The molecule has 2 atom stereocenters. The minimum atomic E-state index is -0.642. The fourth-order valence-electron chi connectivity index (χ4n) is 4.39. The number of likely N-dealkylation sites (tertiary alicyclic amines) is 1. The second-order valence-corrected chi connectivity index (χ2v) is 8.80. The highest BCUT2D eigenvalue weighted by atomic mass is 35.5. The van der Waals surface area contributed by atoms with E-state index in [1.165, 1.54) is 16.9 Å². The van der Waals surface area contributed by atoms with Gasteiger partial charge < -0.3 is 19.9 Å². The number of fused-ring (bicyclic) bond motifs is 1. The average Bonchev–Trinajstić information content (AvgIpc) is 3.20. The van der Waals surface area contributed by atoms with Gasteiger partial charge in [0.2, 0.25) is 0 Å². The number of carbonyl (C=O) groups is 2. The van der Waals surface area contributed by atoms with Gasteiger partial charge in [0, 0.05) is 31.7 Å². The van der Waals surface area contributed by atoms with Gasteiger partial charge in [0.05, 0.1) is 11.3 Å². The lowest BCUT2D eigenvalue weighted by molar-refractivity contribution is -0.125. The van der Waals surface area contributed by atoms with E-state index in [1.807, 2.05) is 6.07 Å². The van der Waals surface area contributed by atoms with E-state index in [2.05, 4.69) is 34.5 Å². The molecule has 4 rings (SSSR count). The molecule has 2 unspecified atom stereocenters. The first-order valence-corrected chi connectivity index (χ1v) is 11.1. The van der Waals surface area contributed by atoms with Gasteiger partial charge in [-0.15, -0.1) is 0 Å². The molecule has 1 N–H and O–H groups in total. The number of hydrogen-bond donors (Lipinski definition) is 1. The Labute approximate surface area is 188 Å². The average molecular weight is 442 g/mol. The van der Waals surface area contributed by atoms with Crippen LogP contribution in [0.25, 0.3) is 0 Å². The molecule has 1 fully saturated rings. The van der Waals surface area contributed by atoms with E-state index >= 15 is 0 Å². The van der Waals surface area contributed by atoms with Gasteiger partial charge in [-0.2, -0.15) is 0 Å². The Morgan fingerprint density at radius 3 is 2.81 bits per heavy atom. The molecule has 0 saturated carbocycles. The predicted octanol–water partition coefficient (Wildman–Crippen LogP) is 3.38. The van der Waals surface area contributed by atoms with E-state index < -0.39 is 6.10 Å². The number of likely N-dealkylation sites (N-methyl/N-ethyl adjacent to an activating group) is 1. The zero-order chi connectivity index (χ0) is 22.0. The Morgan fingerprint density at radius 1 is 1.26 bits per heavy atom. The third-order valence-electron chi connectivity index (χ3n) is 6.06. The van der Waals surface area contributed by atoms with Crippen molar-refractivity contribution in [1.29, 1.82) is 0 Å². The molecule has 31 heavy (non-hydrogen) atoms. The van der Waals surface area contributed by atoms with Crippen LogP contribution >= 0.6 is 11.6 Å². The predicted molar refractivity (Wildman–Crippen MR) is 122 cm³/mol. The van der Waals surface area contributed by atoms with Crippen LogP contribution in [0.3, 0.4) is 0 Å². The lowest BCUT2D eigenvalue weighted by atomic mass is 9.99. The summed E-state index contributed by atoms with van der Waals surface area (Å²) >= 11 is 6.21. The molecule has 0 aromatic heterocycles. The van der Waals surface area contributed by atoms with Crippen LogP contribution in [0.4, 0.5) is 5.69 Å². The Morgan fingerprint density at radius 2 is 2.03 bits per heavy atom. The molecular weight excluding hydrogens is 414 g/mol. The summed E-state index contributed by atoms with van der Waals surface area (Å²) in [4.78, 5) is 28.9. The maximum absolute atomic E-state index is 12.9. The van der Waals surface area contributed by atoms with E-state index in [0.29, 0.717) is 34.5 Å². The maximum atomic E-state index is 12.9. The third-order valence-corrected chi connectivity index (χ3v) is 6.28. The molecule has 2 amide bonds. The lowest BCUT2D eigenvalue weighted by Crippen LogP contribution is -2.43. The summed E-state index contributed by atoms with van der Waals surface area (Å²) in [5.74, 6) is 0.649. The van der Waals surface area contributed by atoms with Crippen molar-refractivity contribution in [2.45, 2.75) is 25.9 Å². The quantitative estimate of drug-likeness (QED) is 0.746. The number of rotatable bonds is 6. The van der Waals surface area contributed by atoms with E-state index in [-0.39, 0.29) is 11.8 Å². The topological polar surface area (TPSA) is 61.9 Å². The first kappa shape index (κ1) is 21.7. The molecule has 0 aliphatic carbocycles. The second-order valence-electron chi connectivity index (χ2n) is 8.36. The van der Waals surface area contributed by atoms with Gasteiger partial charge in [-0.1, -0.05) is 41.9 Å². The van der Waals surface area contributed by atoms with Crippen LogP contribution < -0.4 is 15.0 Å². The number of amides is 2. The summed E-state index contributed by atoms with van der Waals surface area (Å²) < 4.78 is 5.75. The number of hydrogen-bond acceptors (Lipinski definition) is 4. The highest BCUT2D eigenvalue weighted by Gasteiger charge is 2.32. The minimum absolute atomic E-state index is 0.166. The molecule has 6 nitrogen and oxygen atoms in total. The molecule has 2 heterocycles. The van der Waals surface area contributed by atoms with Crippen molar-refractivity contribution >= 4 is 29.1 Å². The number of nitrogens with zero attached hydrogens (tertiary/aromatic N) is 2. The first-order valence-electron chi connectivity index (χ1n) is 10.7. The Bertz CT molecular complexity index is 966. The van der Waals surface area contributed by atoms with E-state index in [0.717, 1.165) is 26.1 Å². The fraction of sp³-hybridized carbons (Fsp3) is 0.417. The van der Waals surface area contributed by atoms with Gasteiger partial charge in [-0.3, -0.25) is 9.59 Å². The van der Waals surface area contributed by atoms with Crippen molar-refractivity contribution in [3.05, 3.63) is 58.6 Å². The summed E-state index contributed by atoms with van der Waals surface area (Å²) in [6, 6.07) is 13.8. The second kappa shape index (κ2) is 9.28. The molecule has 2 aliphatic rings. The highest BCUT2D eigenvalue weighted by Crippen LogP contribution is 2.39. The molecule has 2 aromatic rings. The molecule has 2 aliphatic heterocycles. The number of anilines is 1. The van der Waals surface area contributed by atoms with Crippen LogP contribution in [0.2, 0.25) is 5.02 Å². The summed E-state index contributed by atoms with van der Waals surface area (Å²) in [7, 11) is 1.66. The number of halogens is 1. The zero-order valence-electron chi connectivity index (χ0n) is 17.9. The lowest BCUT2D eigenvalue weighted by Gasteiger charge is -2.31. The summed E-state index contributed by atoms with van der Waals surface area (Å²) in [6.45, 7) is 5.12. The highest BCUT2D eigenvalue weighted by molar-refractivity contribution is 6.31. The minimum Gasteiger partial charge on any atom is -0.478 e. The number of carbonyl (C=O) groups excluding carboxylic acids is 2. The van der Waals surface area contributed by atoms with Gasteiger partial charge in [0.25, 0.3) is 11.8 Å². The molecule has 1 saturated heterocycles. The molecule has 0 radical (unpaired) electrons. The van der Waals surface area contributed by atoms with Crippen LogP contribution in [0.5, 0.6) is 5.75 Å². The van der Waals surface area contributed by atoms with Crippen LogP contribution in [-0.4, -0.2) is 56.0 Å². The molecule has 7 heteroatoms. The largest absolute Gasteiger partial charge is 0.478 e. The van der Waals surface area contributed by atoms with Crippen LogP contribution in [0, 0.1) is 5.92 Å².